The van der Waals surface area contributed by atoms with Crippen LogP contribution >= 0.6 is 0 Å². The van der Waals surface area contributed by atoms with Gasteiger partial charge < -0.3 is 4.84 Å². The molecule has 0 fully saturated rings. The molecule has 0 aliphatic heterocycles. The Hall–Kier alpha value is -0.830. The summed E-state index contributed by atoms with van der Waals surface area (Å²) in [4.78, 5) is 16.2. The topological polar surface area (TPSA) is 29.5 Å². The molecule has 14 heavy (non-hydrogen) atoms. The lowest BCUT2D eigenvalue weighted by Crippen LogP contribution is -2.20. The molecule has 82 valence electrons. The second-order valence-electron chi connectivity index (χ2n) is 4.86. The van der Waals surface area contributed by atoms with E-state index in [2.05, 4.69) is 27.4 Å². The van der Waals surface area contributed by atoms with Crippen LogP contribution in [0, 0.1) is 5.41 Å². The predicted molar refractivity (Wildman–Crippen MR) is 57.6 cm³/mol. The van der Waals surface area contributed by atoms with Crippen LogP contribution in [-0.4, -0.2) is 25.1 Å². The van der Waals surface area contributed by atoms with Crippen molar-refractivity contribution in [2.24, 2.45) is 5.41 Å². The maximum atomic E-state index is 11.3. The van der Waals surface area contributed by atoms with Crippen LogP contribution in [-0.2, 0) is 9.63 Å². The first-order chi connectivity index (χ1) is 6.22. The Morgan fingerprint density at radius 3 is 2.21 bits per heavy atom. The molecule has 0 unspecified atom stereocenters. The first-order valence-corrected chi connectivity index (χ1v) is 4.80. The van der Waals surface area contributed by atoms with Crippen LogP contribution in [0.1, 0.15) is 33.6 Å². The van der Waals surface area contributed by atoms with Gasteiger partial charge in [0.05, 0.1) is 0 Å². The maximum Gasteiger partial charge on any atom is 0.352 e. The van der Waals surface area contributed by atoms with E-state index in [0.29, 0.717) is 12.0 Å². The highest BCUT2D eigenvalue weighted by Crippen LogP contribution is 2.23. The molecule has 0 heterocycles. The molecule has 0 amide bonds. The maximum absolute atomic E-state index is 11.3. The minimum atomic E-state index is -0.334. The molecule has 0 aliphatic rings. The van der Waals surface area contributed by atoms with Crippen molar-refractivity contribution < 1.29 is 9.63 Å². The van der Waals surface area contributed by atoms with E-state index >= 15 is 0 Å². The van der Waals surface area contributed by atoms with E-state index in [4.69, 9.17) is 4.84 Å². The molecule has 0 rings (SSSR count). The zero-order chi connectivity index (χ0) is 11.4. The Morgan fingerprint density at radius 1 is 1.36 bits per heavy atom. The highest BCUT2D eigenvalue weighted by atomic mass is 16.7. The smallest absolute Gasteiger partial charge is 0.352 e. The Balaban J connectivity index is 3.92. The molecule has 0 saturated carbocycles. The van der Waals surface area contributed by atoms with Crippen molar-refractivity contribution in [1.82, 2.24) is 5.06 Å². The lowest BCUT2D eigenvalue weighted by Gasteiger charge is -2.18. The van der Waals surface area contributed by atoms with Crippen molar-refractivity contribution >= 4 is 5.97 Å². The first kappa shape index (κ1) is 13.2. The molecule has 3 nitrogen and oxygen atoms in total. The first-order valence-electron chi connectivity index (χ1n) is 4.80. The van der Waals surface area contributed by atoms with E-state index in [-0.39, 0.29) is 11.4 Å². The van der Waals surface area contributed by atoms with Crippen LogP contribution in [0.3, 0.4) is 0 Å². The average Bonchev–Trinajstić information content (AvgIpc) is 1.97. The van der Waals surface area contributed by atoms with Crippen molar-refractivity contribution in [3.63, 3.8) is 0 Å². The molecule has 0 aromatic heterocycles. The van der Waals surface area contributed by atoms with Gasteiger partial charge in [-0.1, -0.05) is 27.4 Å². The summed E-state index contributed by atoms with van der Waals surface area (Å²) in [6.45, 7) is 10.1. The third kappa shape index (κ3) is 6.66. The van der Waals surface area contributed by atoms with E-state index in [9.17, 15) is 4.79 Å². The number of carbonyl (C=O) groups excluding carboxylic acids is 1. The highest BCUT2D eigenvalue weighted by Gasteiger charge is 2.15. The van der Waals surface area contributed by atoms with Gasteiger partial charge in [-0.3, -0.25) is 0 Å². The van der Waals surface area contributed by atoms with Gasteiger partial charge in [0.15, 0.2) is 0 Å². The van der Waals surface area contributed by atoms with Gasteiger partial charge in [0, 0.05) is 19.7 Å². The van der Waals surface area contributed by atoms with Crippen LogP contribution in [0.15, 0.2) is 12.2 Å². The molecule has 0 N–H and O–H groups in total. The predicted octanol–water partition coefficient (Wildman–Crippen LogP) is 2.39. The number of carbonyl (C=O) groups is 1. The van der Waals surface area contributed by atoms with Gasteiger partial charge in [-0.15, -0.1) is 5.06 Å². The standard InChI is InChI=1S/C11H21NO2/c1-9(7-8-11(2,3)4)10(13)14-12(5)6/h1,7-8H2,2-6H3. The van der Waals surface area contributed by atoms with E-state index in [1.165, 1.54) is 5.06 Å². The Bertz CT molecular complexity index is 214. The Morgan fingerprint density at radius 2 is 1.86 bits per heavy atom. The highest BCUT2D eigenvalue weighted by molar-refractivity contribution is 5.87. The van der Waals surface area contributed by atoms with Gasteiger partial charge >= 0.3 is 5.97 Å². The fourth-order valence-corrected chi connectivity index (χ4v) is 0.858. The molecule has 0 aromatic carbocycles. The van der Waals surface area contributed by atoms with Crippen molar-refractivity contribution in [1.29, 1.82) is 0 Å². The normalized spacial score (nSPS) is 11.6. The van der Waals surface area contributed by atoms with E-state index < -0.39 is 0 Å². The molecule has 3 heteroatoms. The van der Waals surface area contributed by atoms with Crippen molar-refractivity contribution in [3.05, 3.63) is 12.2 Å². The number of hydrogen-bond donors (Lipinski definition) is 0. The number of nitrogens with zero attached hydrogens (tertiary/aromatic N) is 1. The molecule has 0 aromatic rings. The number of hydrogen-bond acceptors (Lipinski definition) is 3. The van der Waals surface area contributed by atoms with E-state index in [1.54, 1.807) is 14.1 Å². The number of hydroxylamine groups is 2. The second kappa shape index (κ2) is 5.15. The van der Waals surface area contributed by atoms with Gasteiger partial charge in [0.2, 0.25) is 0 Å². The van der Waals surface area contributed by atoms with Crippen LogP contribution in [0.5, 0.6) is 0 Å². The summed E-state index contributed by atoms with van der Waals surface area (Å²) >= 11 is 0. The van der Waals surface area contributed by atoms with Crippen LogP contribution in [0.25, 0.3) is 0 Å². The lowest BCUT2D eigenvalue weighted by atomic mass is 9.89. The quantitative estimate of drug-likeness (QED) is 0.514. The minimum Gasteiger partial charge on any atom is -0.365 e. The van der Waals surface area contributed by atoms with Gasteiger partial charge in [-0.2, -0.15) is 0 Å². The summed E-state index contributed by atoms with van der Waals surface area (Å²) in [5, 5.41) is 1.38. The average molecular weight is 199 g/mol. The van der Waals surface area contributed by atoms with Gasteiger partial charge in [0.25, 0.3) is 0 Å². The number of rotatable bonds is 4. The summed E-state index contributed by atoms with van der Waals surface area (Å²) in [6.07, 6.45) is 1.63. The van der Waals surface area contributed by atoms with E-state index in [0.717, 1.165) is 6.42 Å². The summed E-state index contributed by atoms with van der Waals surface area (Å²) in [7, 11) is 3.35. The molecular formula is C11H21NO2. The summed E-state index contributed by atoms with van der Waals surface area (Å²) in [5.74, 6) is -0.334. The molecule has 0 radical (unpaired) electrons. The molecular weight excluding hydrogens is 178 g/mol. The Labute approximate surface area is 86.7 Å². The second-order valence-corrected chi connectivity index (χ2v) is 4.86. The minimum absolute atomic E-state index is 0.224. The SMILES string of the molecule is C=C(CCC(C)(C)C)C(=O)ON(C)C. The van der Waals surface area contributed by atoms with Gasteiger partial charge in [0.1, 0.15) is 0 Å². The van der Waals surface area contributed by atoms with Crippen LogP contribution < -0.4 is 0 Å². The van der Waals surface area contributed by atoms with Gasteiger partial charge in [-0.05, 0) is 18.3 Å². The van der Waals surface area contributed by atoms with Crippen molar-refractivity contribution in [2.75, 3.05) is 14.1 Å². The zero-order valence-corrected chi connectivity index (χ0v) is 9.89. The van der Waals surface area contributed by atoms with Crippen LogP contribution in [0.2, 0.25) is 0 Å². The van der Waals surface area contributed by atoms with Crippen LogP contribution in [0.4, 0.5) is 0 Å². The lowest BCUT2D eigenvalue weighted by molar-refractivity contribution is -0.173. The van der Waals surface area contributed by atoms with E-state index in [1.807, 2.05) is 0 Å². The Kier molecular flexibility index (Phi) is 4.85. The third-order valence-electron chi connectivity index (χ3n) is 1.73. The summed E-state index contributed by atoms with van der Waals surface area (Å²) in [6, 6.07) is 0. The summed E-state index contributed by atoms with van der Waals surface area (Å²) < 4.78 is 0. The zero-order valence-electron chi connectivity index (χ0n) is 9.89. The fraction of sp³-hybridized carbons (Fsp3) is 0.727. The monoisotopic (exact) mass is 199 g/mol. The largest absolute Gasteiger partial charge is 0.365 e. The third-order valence-corrected chi connectivity index (χ3v) is 1.73. The molecule has 0 bridgehead atoms. The summed E-state index contributed by atoms with van der Waals surface area (Å²) in [5.41, 5.74) is 0.759. The van der Waals surface area contributed by atoms with Crippen molar-refractivity contribution in [2.45, 2.75) is 33.6 Å². The fourth-order valence-electron chi connectivity index (χ4n) is 0.858. The molecule has 0 saturated heterocycles. The van der Waals surface area contributed by atoms with Gasteiger partial charge in [-0.25, -0.2) is 4.79 Å². The molecule has 0 aliphatic carbocycles. The molecule has 0 spiro atoms. The van der Waals surface area contributed by atoms with Crippen molar-refractivity contribution in [3.8, 4) is 0 Å². The molecule has 0 atom stereocenters.